The van der Waals surface area contributed by atoms with Crippen molar-refractivity contribution in [3.8, 4) is 5.75 Å². The van der Waals surface area contributed by atoms with Crippen LogP contribution in [0.2, 0.25) is 0 Å². The van der Waals surface area contributed by atoms with Crippen molar-refractivity contribution >= 4 is 41.4 Å². The molecule has 8 atom stereocenters. The Hall–Kier alpha value is -5.52. The minimum Gasteiger partial charge on any atom is -0.508 e. The smallest absolute Gasteiger partial charge is 0.326 e. The lowest BCUT2D eigenvalue weighted by Crippen LogP contribution is -2.61. The number of nitrogens with one attached hydrogen (secondary N) is 7. The highest BCUT2D eigenvalue weighted by Gasteiger charge is 2.41. The zero-order valence-electron chi connectivity index (χ0n) is 34.5. The van der Waals surface area contributed by atoms with Gasteiger partial charge in [-0.25, -0.2) is 9.78 Å². The quantitative estimate of drug-likeness (QED) is 0.0785. The second-order valence-corrected chi connectivity index (χ2v) is 15.4. The van der Waals surface area contributed by atoms with Gasteiger partial charge in [-0.2, -0.15) is 0 Å². The fraction of sp³-hybridized carbons (Fsp3) is 0.600. The first kappa shape index (κ1) is 46.9. The van der Waals surface area contributed by atoms with Crippen molar-refractivity contribution in [3.05, 3.63) is 48.0 Å². The number of aromatic amines is 1. The van der Waals surface area contributed by atoms with Crippen LogP contribution < -0.4 is 31.9 Å². The number of carbonyl (C=O) groups is 7. The molecule has 1 aromatic carbocycles. The molecule has 18 heteroatoms. The van der Waals surface area contributed by atoms with E-state index in [0.717, 1.165) is 0 Å². The topological polar surface area (TPSA) is 264 Å². The summed E-state index contributed by atoms with van der Waals surface area (Å²) < 4.78 is 0. The number of phenolic OH excluding ortho intramolecular Hbond substituents is 1. The zero-order chi connectivity index (χ0) is 43.1. The number of likely N-dealkylation sites (tertiary alicyclic amines) is 1. The summed E-state index contributed by atoms with van der Waals surface area (Å²) in [5.74, 6) is -5.92. The van der Waals surface area contributed by atoms with Gasteiger partial charge in [0.25, 0.3) is 0 Å². The van der Waals surface area contributed by atoms with Crippen LogP contribution in [-0.4, -0.2) is 123 Å². The molecule has 0 radical (unpaired) electrons. The molecular weight excluding hydrogens is 750 g/mol. The second kappa shape index (κ2) is 22.4. The monoisotopic (exact) mass is 811 g/mol. The molecule has 0 spiro atoms. The number of likely N-dealkylation sites (N-methyl/N-ethyl adjacent to an activating group) is 1. The number of carbonyl (C=O) groups excluding carboxylic acids is 6. The summed E-state index contributed by atoms with van der Waals surface area (Å²) in [6.45, 7) is 10.8. The lowest BCUT2D eigenvalue weighted by Gasteiger charge is -2.32. The maximum Gasteiger partial charge on any atom is 0.326 e. The Kier molecular flexibility index (Phi) is 18.1. The van der Waals surface area contributed by atoms with Gasteiger partial charge in [-0.15, -0.1) is 0 Å². The number of imidazole rings is 1. The summed E-state index contributed by atoms with van der Waals surface area (Å²) in [7, 11) is 1.59. The fourth-order valence-corrected chi connectivity index (χ4v) is 6.73. The molecule has 58 heavy (non-hydrogen) atoms. The molecule has 3 rings (SSSR count). The molecule has 1 fully saturated rings. The number of H-pyrrole nitrogens is 1. The summed E-state index contributed by atoms with van der Waals surface area (Å²) in [5, 5.41) is 36.0. The first-order chi connectivity index (χ1) is 27.5. The van der Waals surface area contributed by atoms with Crippen molar-refractivity contribution < 1.29 is 43.8 Å². The van der Waals surface area contributed by atoms with Crippen LogP contribution in [0.1, 0.15) is 78.5 Å². The van der Waals surface area contributed by atoms with Crippen LogP contribution in [0.4, 0.5) is 0 Å². The number of aromatic hydroxyl groups is 1. The molecular formula is C40H61N9O9. The van der Waals surface area contributed by atoms with Gasteiger partial charge in [-0.3, -0.25) is 28.8 Å². The Balaban J connectivity index is 1.90. The molecule has 2 aromatic rings. The van der Waals surface area contributed by atoms with E-state index in [1.165, 1.54) is 29.6 Å². The van der Waals surface area contributed by atoms with Gasteiger partial charge in [0.1, 0.15) is 42.0 Å². The van der Waals surface area contributed by atoms with E-state index in [-0.39, 0.29) is 43.5 Å². The van der Waals surface area contributed by atoms with E-state index < -0.39 is 83.6 Å². The van der Waals surface area contributed by atoms with E-state index in [1.54, 1.807) is 46.9 Å². The highest BCUT2D eigenvalue weighted by atomic mass is 16.4. The number of carboxylic acid groups (broad SMARTS) is 1. The average molecular weight is 812 g/mol. The molecule has 2 heterocycles. The van der Waals surface area contributed by atoms with Crippen LogP contribution in [0.25, 0.3) is 0 Å². The molecule has 18 nitrogen and oxygen atoms in total. The van der Waals surface area contributed by atoms with Gasteiger partial charge in [0.05, 0.1) is 12.9 Å². The van der Waals surface area contributed by atoms with Gasteiger partial charge in [0.15, 0.2) is 0 Å². The van der Waals surface area contributed by atoms with E-state index >= 15 is 0 Å². The number of aliphatic carboxylic acids is 1. The van der Waals surface area contributed by atoms with Crippen LogP contribution in [-0.2, 0) is 46.4 Å². The number of aromatic nitrogens is 2. The number of nitrogens with zero attached hydrogens (tertiary/aromatic N) is 2. The van der Waals surface area contributed by atoms with Crippen molar-refractivity contribution in [2.45, 2.75) is 116 Å². The number of carboxylic acids is 1. The lowest BCUT2D eigenvalue weighted by atomic mass is 9.96. The molecule has 1 aromatic heterocycles. The highest BCUT2D eigenvalue weighted by molar-refractivity contribution is 5.97. The van der Waals surface area contributed by atoms with Crippen molar-refractivity contribution in [3.63, 3.8) is 0 Å². The Labute approximate surface area is 339 Å². The van der Waals surface area contributed by atoms with Gasteiger partial charge < -0.3 is 52.0 Å². The molecule has 1 saturated heterocycles. The van der Waals surface area contributed by atoms with Crippen molar-refractivity contribution in [1.82, 2.24) is 46.8 Å². The summed E-state index contributed by atoms with van der Waals surface area (Å²) in [6, 6.07) is -0.646. The number of hydrogen-bond acceptors (Lipinski definition) is 10. The third kappa shape index (κ3) is 13.3. The first-order valence-corrected chi connectivity index (χ1v) is 19.9. The molecule has 1 aliphatic rings. The Morgan fingerprint density at radius 1 is 0.810 bits per heavy atom. The number of amides is 6. The standard InChI is InChI=1S/C40H61N9O9/c1-8-23(5)33(47-35(52)28(17-25-12-14-27(50)15-13-25)44-37(54)32(22(3)4)46-31(51)20-41-7)38(55)45-29(18-26-19-42-21-43-26)39(56)49-16-10-11-30(49)36(53)48-34(40(57)58)24(6)9-2/h12-15,19,21-24,28-30,32-34,41,50H,8-11,16-18,20H2,1-7H3,(H,42,43)(H,44,54)(H,45,55)(H,46,51)(H,47,52)(H,48,53)(H,57,58). The molecule has 1 aliphatic heterocycles. The Morgan fingerprint density at radius 3 is 2.00 bits per heavy atom. The third-order valence-corrected chi connectivity index (χ3v) is 10.6. The van der Waals surface area contributed by atoms with E-state index in [9.17, 15) is 43.8 Å². The number of phenols is 1. The minimum atomic E-state index is -1.23. The second-order valence-electron chi connectivity index (χ2n) is 15.4. The molecule has 8 unspecified atom stereocenters. The third-order valence-electron chi connectivity index (χ3n) is 10.6. The Morgan fingerprint density at radius 2 is 1.43 bits per heavy atom. The fourth-order valence-electron chi connectivity index (χ4n) is 6.73. The normalized spacial score (nSPS) is 17.5. The van der Waals surface area contributed by atoms with E-state index in [2.05, 4.69) is 41.9 Å². The summed E-state index contributed by atoms with van der Waals surface area (Å²) in [6.07, 6.45) is 4.59. The molecule has 6 amide bonds. The van der Waals surface area contributed by atoms with Crippen molar-refractivity contribution in [2.24, 2.45) is 17.8 Å². The van der Waals surface area contributed by atoms with Crippen LogP contribution >= 0.6 is 0 Å². The summed E-state index contributed by atoms with van der Waals surface area (Å²) >= 11 is 0. The van der Waals surface area contributed by atoms with Gasteiger partial charge in [-0.1, -0.05) is 66.5 Å². The molecule has 0 aliphatic carbocycles. The predicted octanol–water partition coefficient (Wildman–Crippen LogP) is 0.368. The molecule has 0 saturated carbocycles. The molecule has 0 bridgehead atoms. The van der Waals surface area contributed by atoms with Gasteiger partial charge >= 0.3 is 5.97 Å². The zero-order valence-corrected chi connectivity index (χ0v) is 34.5. The van der Waals surface area contributed by atoms with E-state index in [0.29, 0.717) is 36.9 Å². The van der Waals surface area contributed by atoms with Gasteiger partial charge in [-0.05, 0) is 55.3 Å². The van der Waals surface area contributed by atoms with Gasteiger partial charge in [0.2, 0.25) is 35.4 Å². The minimum absolute atomic E-state index is 0.00469. The molecule has 9 N–H and O–H groups in total. The van der Waals surface area contributed by atoms with Crippen LogP contribution in [0.15, 0.2) is 36.8 Å². The number of benzene rings is 1. The van der Waals surface area contributed by atoms with E-state index in [4.69, 9.17) is 0 Å². The van der Waals surface area contributed by atoms with Crippen LogP contribution in [0.3, 0.4) is 0 Å². The maximum absolute atomic E-state index is 14.3. The first-order valence-electron chi connectivity index (χ1n) is 19.9. The van der Waals surface area contributed by atoms with Crippen LogP contribution in [0.5, 0.6) is 5.75 Å². The highest BCUT2D eigenvalue weighted by Crippen LogP contribution is 2.21. The van der Waals surface area contributed by atoms with Crippen molar-refractivity contribution in [2.75, 3.05) is 20.1 Å². The molecule has 320 valence electrons. The SMILES string of the molecule is CCC(C)C(NC(=O)C1CCCN1C(=O)C(Cc1cnc[nH]1)NC(=O)C(NC(=O)C(Cc1ccc(O)cc1)NC(=O)C(NC(=O)CNC)C(C)C)C(C)CC)C(=O)O. The number of hydrogen-bond donors (Lipinski definition) is 9. The maximum atomic E-state index is 14.3. The lowest BCUT2D eigenvalue weighted by molar-refractivity contribution is -0.146. The van der Waals surface area contributed by atoms with E-state index in [1.807, 2.05) is 13.8 Å². The summed E-state index contributed by atoms with van der Waals surface area (Å²) in [4.78, 5) is 103. The predicted molar refractivity (Wildman–Crippen MR) is 214 cm³/mol. The largest absolute Gasteiger partial charge is 0.508 e. The summed E-state index contributed by atoms with van der Waals surface area (Å²) in [5.41, 5.74) is 1.11. The van der Waals surface area contributed by atoms with Crippen LogP contribution in [0, 0.1) is 17.8 Å². The average Bonchev–Trinajstić information content (AvgIpc) is 3.90. The Bertz CT molecular complexity index is 1700. The van der Waals surface area contributed by atoms with Gasteiger partial charge in [0, 0.05) is 31.3 Å². The van der Waals surface area contributed by atoms with Crippen molar-refractivity contribution in [1.29, 1.82) is 0 Å². The number of rotatable bonds is 22.